The number of aromatic carboxylic acids is 1. The zero-order valence-corrected chi connectivity index (χ0v) is 20.5. The summed E-state index contributed by atoms with van der Waals surface area (Å²) in [7, 11) is 0. The number of aryl methyl sites for hydroxylation is 1. The zero-order chi connectivity index (χ0) is 25.8. The van der Waals surface area contributed by atoms with Gasteiger partial charge in [0.2, 0.25) is 5.75 Å². The molecule has 0 saturated heterocycles. The van der Waals surface area contributed by atoms with Gasteiger partial charge in [-0.25, -0.2) is 9.78 Å². The molecule has 0 spiro atoms. The van der Waals surface area contributed by atoms with Crippen molar-refractivity contribution in [1.29, 1.82) is 0 Å². The van der Waals surface area contributed by atoms with Gasteiger partial charge in [0.15, 0.2) is 0 Å². The van der Waals surface area contributed by atoms with Crippen LogP contribution < -0.4 is 10.3 Å². The summed E-state index contributed by atoms with van der Waals surface area (Å²) < 4.78 is 7.68. The van der Waals surface area contributed by atoms with Gasteiger partial charge in [-0.05, 0) is 42.0 Å². The van der Waals surface area contributed by atoms with Crippen LogP contribution in [0.5, 0.6) is 5.75 Å². The Morgan fingerprint density at radius 1 is 1.22 bits per heavy atom. The highest BCUT2D eigenvalue weighted by Crippen LogP contribution is 2.31. The lowest BCUT2D eigenvalue weighted by Crippen LogP contribution is -2.22. The molecular formula is C25H19BrN4O6. The van der Waals surface area contributed by atoms with Gasteiger partial charge >= 0.3 is 11.7 Å². The molecule has 0 unspecified atom stereocenters. The third-order valence-corrected chi connectivity index (χ3v) is 5.80. The molecule has 0 aliphatic rings. The first-order chi connectivity index (χ1) is 17.3. The predicted molar refractivity (Wildman–Crippen MR) is 137 cm³/mol. The monoisotopic (exact) mass is 550 g/mol. The van der Waals surface area contributed by atoms with E-state index in [4.69, 9.17) is 9.84 Å². The quantitative estimate of drug-likeness (QED) is 0.189. The minimum absolute atomic E-state index is 0.0313. The number of carbonyl (C=O) groups is 1. The molecular weight excluding hydrogens is 532 g/mol. The van der Waals surface area contributed by atoms with E-state index in [9.17, 15) is 19.7 Å². The first-order valence-corrected chi connectivity index (χ1v) is 11.6. The van der Waals surface area contributed by atoms with Crippen molar-refractivity contribution in [3.05, 3.63) is 108 Å². The lowest BCUT2D eigenvalue weighted by atomic mass is 10.1. The Labute approximate surface area is 212 Å². The number of nitrogens with zero attached hydrogens (tertiary/aromatic N) is 4. The minimum atomic E-state index is -1.06. The second kappa shape index (κ2) is 10.5. The Bertz CT molecular complexity index is 1560. The van der Waals surface area contributed by atoms with E-state index in [1.165, 1.54) is 35.2 Å². The van der Waals surface area contributed by atoms with E-state index in [0.29, 0.717) is 28.7 Å². The van der Waals surface area contributed by atoms with Crippen LogP contribution in [0.4, 0.5) is 5.69 Å². The molecule has 4 rings (SSSR count). The van der Waals surface area contributed by atoms with Crippen LogP contribution in [0.15, 0.2) is 75.0 Å². The number of hydrogen-bond donors (Lipinski definition) is 1. The van der Waals surface area contributed by atoms with Gasteiger partial charge in [-0.15, -0.1) is 0 Å². The van der Waals surface area contributed by atoms with E-state index in [1.807, 2.05) is 6.92 Å². The molecule has 0 radical (unpaired) electrons. The Balaban J connectivity index is 1.72. The molecule has 1 heterocycles. The molecule has 0 atom stereocenters. The number of nitro benzene ring substituents is 1. The number of nitro groups is 1. The number of fused-ring (bicyclic) bond motifs is 1. The van der Waals surface area contributed by atoms with Crippen LogP contribution in [-0.4, -0.2) is 31.9 Å². The summed E-state index contributed by atoms with van der Waals surface area (Å²) in [6.45, 7) is 1.80. The van der Waals surface area contributed by atoms with Gasteiger partial charge in [-0.3, -0.25) is 14.9 Å². The van der Waals surface area contributed by atoms with Gasteiger partial charge in [0.1, 0.15) is 12.4 Å². The molecule has 0 saturated carbocycles. The Hall–Kier alpha value is -4.38. The largest absolute Gasteiger partial charge is 0.481 e. The van der Waals surface area contributed by atoms with Crippen LogP contribution in [0.3, 0.4) is 0 Å². The van der Waals surface area contributed by atoms with E-state index < -0.39 is 10.9 Å². The summed E-state index contributed by atoms with van der Waals surface area (Å²) >= 11 is 3.36. The fourth-order valence-corrected chi connectivity index (χ4v) is 3.87. The van der Waals surface area contributed by atoms with Crippen molar-refractivity contribution >= 4 is 44.7 Å². The first-order valence-electron chi connectivity index (χ1n) is 10.8. The molecule has 0 fully saturated rings. The van der Waals surface area contributed by atoms with Gasteiger partial charge < -0.3 is 9.84 Å². The highest BCUT2D eigenvalue weighted by Gasteiger charge is 2.19. The highest BCUT2D eigenvalue weighted by atomic mass is 79.9. The minimum Gasteiger partial charge on any atom is -0.481 e. The number of carboxylic acids is 1. The maximum absolute atomic E-state index is 13.1. The van der Waals surface area contributed by atoms with E-state index in [-0.39, 0.29) is 34.7 Å². The number of hydrogen-bond acceptors (Lipinski definition) is 7. The molecule has 3 aromatic carbocycles. The van der Waals surface area contributed by atoms with Crippen LogP contribution in [0.2, 0.25) is 0 Å². The molecule has 11 heteroatoms. The van der Waals surface area contributed by atoms with E-state index >= 15 is 0 Å². The van der Waals surface area contributed by atoms with Crippen molar-refractivity contribution in [3.8, 4) is 5.75 Å². The average molecular weight is 551 g/mol. The van der Waals surface area contributed by atoms with Gasteiger partial charge in [0.25, 0.3) is 5.56 Å². The van der Waals surface area contributed by atoms with Crippen molar-refractivity contribution in [3.63, 3.8) is 0 Å². The van der Waals surface area contributed by atoms with Crippen LogP contribution in [0.1, 0.15) is 34.2 Å². The average Bonchev–Trinajstić information content (AvgIpc) is 2.87. The van der Waals surface area contributed by atoms with Crippen LogP contribution >= 0.6 is 15.9 Å². The number of ether oxygens (including phenoxy) is 1. The molecule has 1 N–H and O–H groups in total. The number of para-hydroxylation sites is 1. The van der Waals surface area contributed by atoms with E-state index in [0.717, 1.165) is 4.47 Å². The predicted octanol–water partition coefficient (Wildman–Crippen LogP) is 4.79. The molecule has 36 heavy (non-hydrogen) atoms. The summed E-state index contributed by atoms with van der Waals surface area (Å²) in [6.07, 6.45) is 1.76. The summed E-state index contributed by atoms with van der Waals surface area (Å²) in [6, 6.07) is 15.6. The lowest BCUT2D eigenvalue weighted by Gasteiger charge is -2.11. The van der Waals surface area contributed by atoms with Gasteiger partial charge in [-0.2, -0.15) is 9.78 Å². The SMILES string of the molecule is CCc1nc2ccc(Br)cc2c(=O)n1N=Cc1cccc([N+](=O)[O-])c1OCc1ccc(C(=O)O)cc1. The fraction of sp³-hybridized carbons (Fsp3) is 0.120. The van der Waals surface area contributed by atoms with Crippen molar-refractivity contribution in [2.24, 2.45) is 5.10 Å². The standard InChI is InChI=1S/C25H19BrN4O6/c1-2-22-28-20-11-10-18(26)12-19(20)24(31)29(22)27-13-17-4-3-5-21(30(34)35)23(17)36-14-15-6-8-16(9-7-15)25(32)33/h3-13H,2,14H2,1H3,(H,32,33). The van der Waals surface area contributed by atoms with E-state index in [1.54, 1.807) is 36.4 Å². The molecule has 4 aromatic rings. The van der Waals surface area contributed by atoms with Gasteiger partial charge in [-0.1, -0.05) is 41.1 Å². The molecule has 1 aromatic heterocycles. The van der Waals surface area contributed by atoms with Gasteiger partial charge in [0.05, 0.1) is 27.6 Å². The van der Waals surface area contributed by atoms with Crippen LogP contribution in [-0.2, 0) is 13.0 Å². The fourth-order valence-electron chi connectivity index (χ4n) is 3.51. The third-order valence-electron chi connectivity index (χ3n) is 5.31. The molecule has 182 valence electrons. The number of halogens is 1. The number of benzene rings is 3. The summed E-state index contributed by atoms with van der Waals surface area (Å²) in [5.41, 5.74) is 0.917. The van der Waals surface area contributed by atoms with Crippen LogP contribution in [0.25, 0.3) is 10.9 Å². The smallest absolute Gasteiger partial charge is 0.335 e. The highest BCUT2D eigenvalue weighted by molar-refractivity contribution is 9.10. The molecule has 0 aliphatic carbocycles. The third kappa shape index (κ3) is 5.15. The van der Waals surface area contributed by atoms with E-state index in [2.05, 4.69) is 26.0 Å². The number of aromatic nitrogens is 2. The molecule has 0 amide bonds. The lowest BCUT2D eigenvalue weighted by molar-refractivity contribution is -0.385. The van der Waals surface area contributed by atoms with Crippen LogP contribution in [0, 0.1) is 10.1 Å². The normalized spacial score (nSPS) is 11.2. The van der Waals surface area contributed by atoms with Crippen molar-refractivity contribution in [1.82, 2.24) is 9.66 Å². The maximum atomic E-state index is 13.1. The van der Waals surface area contributed by atoms with Crippen molar-refractivity contribution < 1.29 is 19.6 Å². The number of rotatable bonds is 8. The summed E-state index contributed by atoms with van der Waals surface area (Å²) in [5, 5.41) is 25.4. The second-order valence-corrected chi connectivity index (χ2v) is 8.56. The van der Waals surface area contributed by atoms with Crippen molar-refractivity contribution in [2.75, 3.05) is 0 Å². The topological polar surface area (TPSA) is 137 Å². The Morgan fingerprint density at radius 2 is 1.97 bits per heavy atom. The second-order valence-electron chi connectivity index (χ2n) is 7.65. The summed E-state index contributed by atoms with van der Waals surface area (Å²) in [4.78, 5) is 39.8. The molecule has 0 aliphatic heterocycles. The first kappa shape index (κ1) is 24.7. The zero-order valence-electron chi connectivity index (χ0n) is 18.9. The Kier molecular flexibility index (Phi) is 7.20. The van der Waals surface area contributed by atoms with Gasteiger partial charge in [0, 0.05) is 22.5 Å². The maximum Gasteiger partial charge on any atom is 0.335 e. The summed E-state index contributed by atoms with van der Waals surface area (Å²) in [5.74, 6) is -0.662. The molecule has 0 bridgehead atoms. The van der Waals surface area contributed by atoms with Crippen molar-refractivity contribution in [2.45, 2.75) is 20.0 Å². The number of carboxylic acid groups (broad SMARTS) is 1. The Morgan fingerprint density at radius 3 is 2.64 bits per heavy atom. The molecule has 10 nitrogen and oxygen atoms in total.